The second-order valence-electron chi connectivity index (χ2n) is 5.75. The minimum atomic E-state index is -3.82. The molecule has 1 aliphatic rings. The highest BCUT2D eigenvalue weighted by atomic mass is 32.2. The lowest BCUT2D eigenvalue weighted by atomic mass is 9.95. The van der Waals surface area contributed by atoms with Gasteiger partial charge in [-0.1, -0.05) is 6.07 Å². The van der Waals surface area contributed by atoms with E-state index in [0.29, 0.717) is 11.3 Å². The molecule has 2 atom stereocenters. The van der Waals surface area contributed by atoms with Crippen LogP contribution in [0.4, 0.5) is 0 Å². The fraction of sp³-hybridized carbons (Fsp3) is 0.533. The van der Waals surface area contributed by atoms with E-state index in [0.717, 1.165) is 9.87 Å². The van der Waals surface area contributed by atoms with Crippen LogP contribution in [0.1, 0.15) is 17.5 Å². The lowest BCUT2D eigenvalue weighted by Crippen LogP contribution is -2.48. The van der Waals surface area contributed by atoms with Gasteiger partial charge in [-0.05, 0) is 31.4 Å². The number of methoxy groups -OCH3 is 1. The maximum Gasteiger partial charge on any atom is 0.309 e. The third-order valence-electron chi connectivity index (χ3n) is 4.17. The monoisotopic (exact) mass is 343 g/mol. The first-order valence-corrected chi connectivity index (χ1v) is 8.68. The number of nitrogens with zero attached hydrogens (tertiary/aromatic N) is 1. The normalized spacial score (nSPS) is 22.8. The maximum absolute atomic E-state index is 12.8. The number of hydrogen-bond donors (Lipinski definition) is 2. The van der Waals surface area contributed by atoms with E-state index in [1.165, 1.54) is 13.2 Å². The molecule has 0 bridgehead atoms. The van der Waals surface area contributed by atoms with Crippen molar-refractivity contribution in [1.82, 2.24) is 4.31 Å². The summed E-state index contributed by atoms with van der Waals surface area (Å²) in [6.07, 6.45) is -1.14. The Balaban J connectivity index is 2.35. The highest BCUT2D eigenvalue weighted by Crippen LogP contribution is 2.30. The van der Waals surface area contributed by atoms with Gasteiger partial charge in [-0.2, -0.15) is 4.31 Å². The highest BCUT2D eigenvalue weighted by Gasteiger charge is 2.38. The molecule has 1 aliphatic heterocycles. The second-order valence-corrected chi connectivity index (χ2v) is 7.66. The summed E-state index contributed by atoms with van der Waals surface area (Å²) >= 11 is 0. The Kier molecular flexibility index (Phi) is 4.98. The third kappa shape index (κ3) is 3.34. The van der Waals surface area contributed by atoms with Gasteiger partial charge in [0, 0.05) is 19.2 Å². The van der Waals surface area contributed by atoms with Crippen molar-refractivity contribution in [2.24, 2.45) is 5.92 Å². The van der Waals surface area contributed by atoms with Crippen LogP contribution in [-0.2, 0) is 14.8 Å². The number of benzene rings is 1. The topological polar surface area (TPSA) is 104 Å². The fourth-order valence-corrected chi connectivity index (χ4v) is 4.55. The Morgan fingerprint density at radius 2 is 1.96 bits per heavy atom. The van der Waals surface area contributed by atoms with Crippen molar-refractivity contribution in [2.45, 2.75) is 31.3 Å². The standard InChI is InChI=1S/C15H21NO6S/c1-9-6-10(2)14(7-13(9)22-3)23(20,21)16-5-4-11(15(18)19)12(17)8-16/h6-7,11-12,17H,4-5,8H2,1-3H3,(H,18,19)/t11-,12+/m0/s1. The molecule has 7 nitrogen and oxygen atoms in total. The number of piperidine rings is 1. The van der Waals surface area contributed by atoms with Crippen LogP contribution in [-0.4, -0.2) is 55.2 Å². The van der Waals surface area contributed by atoms with Crippen LogP contribution >= 0.6 is 0 Å². The zero-order valence-electron chi connectivity index (χ0n) is 13.3. The molecular formula is C15H21NO6S. The Morgan fingerprint density at radius 3 is 2.48 bits per heavy atom. The number of ether oxygens (including phenoxy) is 1. The molecule has 8 heteroatoms. The van der Waals surface area contributed by atoms with Crippen molar-refractivity contribution in [1.29, 1.82) is 0 Å². The molecule has 1 fully saturated rings. The van der Waals surface area contributed by atoms with Crippen LogP contribution in [0.3, 0.4) is 0 Å². The average molecular weight is 343 g/mol. The molecule has 0 unspecified atom stereocenters. The van der Waals surface area contributed by atoms with Crippen molar-refractivity contribution in [3.05, 3.63) is 23.3 Å². The zero-order chi connectivity index (χ0) is 17.4. The molecule has 2 rings (SSSR count). The van der Waals surface area contributed by atoms with E-state index < -0.39 is 28.0 Å². The molecule has 0 aliphatic carbocycles. The number of β-amino-alcohol motifs (C(OH)–C–C–N with tert-alkyl or cyclic N) is 1. The Labute approximate surface area is 135 Å². The van der Waals surface area contributed by atoms with Gasteiger partial charge >= 0.3 is 5.97 Å². The van der Waals surface area contributed by atoms with Crippen molar-refractivity contribution in [3.63, 3.8) is 0 Å². The molecule has 23 heavy (non-hydrogen) atoms. The number of aliphatic carboxylic acids is 1. The molecular weight excluding hydrogens is 322 g/mol. The maximum atomic E-state index is 12.8. The smallest absolute Gasteiger partial charge is 0.309 e. The van der Waals surface area contributed by atoms with E-state index in [1.54, 1.807) is 13.0 Å². The summed E-state index contributed by atoms with van der Waals surface area (Å²) in [4.78, 5) is 11.1. The Bertz CT molecular complexity index is 715. The summed E-state index contributed by atoms with van der Waals surface area (Å²) in [5, 5.41) is 18.9. The number of carboxylic acids is 1. The molecule has 1 heterocycles. The predicted octanol–water partition coefficient (Wildman–Crippen LogP) is 0.768. The van der Waals surface area contributed by atoms with E-state index in [-0.39, 0.29) is 24.4 Å². The summed E-state index contributed by atoms with van der Waals surface area (Å²) < 4.78 is 32.0. The lowest BCUT2D eigenvalue weighted by Gasteiger charge is -2.33. The van der Waals surface area contributed by atoms with Gasteiger partial charge in [-0.25, -0.2) is 8.42 Å². The van der Waals surface area contributed by atoms with Gasteiger partial charge in [0.05, 0.1) is 24.0 Å². The van der Waals surface area contributed by atoms with E-state index >= 15 is 0 Å². The van der Waals surface area contributed by atoms with Crippen molar-refractivity contribution < 1.29 is 28.2 Å². The molecule has 1 saturated heterocycles. The Hall–Kier alpha value is -1.64. The summed E-state index contributed by atoms with van der Waals surface area (Å²) in [5.74, 6) is -1.58. The van der Waals surface area contributed by atoms with Gasteiger partial charge in [0.15, 0.2) is 0 Å². The first-order valence-electron chi connectivity index (χ1n) is 7.24. The van der Waals surface area contributed by atoms with E-state index in [4.69, 9.17) is 9.84 Å². The van der Waals surface area contributed by atoms with Crippen LogP contribution in [0, 0.1) is 19.8 Å². The number of carboxylic acid groups (broad SMARTS) is 1. The van der Waals surface area contributed by atoms with E-state index in [2.05, 4.69) is 0 Å². The third-order valence-corrected chi connectivity index (χ3v) is 6.18. The largest absolute Gasteiger partial charge is 0.496 e. The van der Waals surface area contributed by atoms with Crippen LogP contribution in [0.2, 0.25) is 0 Å². The molecule has 0 saturated carbocycles. The molecule has 1 aromatic rings. The first kappa shape index (κ1) is 17.7. The average Bonchev–Trinajstić information content (AvgIpc) is 2.46. The molecule has 128 valence electrons. The summed E-state index contributed by atoms with van der Waals surface area (Å²) in [7, 11) is -2.36. The molecule has 2 N–H and O–H groups in total. The van der Waals surface area contributed by atoms with Crippen LogP contribution in [0.25, 0.3) is 0 Å². The highest BCUT2D eigenvalue weighted by molar-refractivity contribution is 7.89. The van der Waals surface area contributed by atoms with E-state index in [9.17, 15) is 18.3 Å². The number of aryl methyl sites for hydroxylation is 2. The lowest BCUT2D eigenvalue weighted by molar-refractivity contribution is -0.147. The molecule has 0 amide bonds. The van der Waals surface area contributed by atoms with Gasteiger partial charge in [-0.3, -0.25) is 4.79 Å². The Morgan fingerprint density at radius 1 is 1.30 bits per heavy atom. The number of hydrogen-bond acceptors (Lipinski definition) is 5. The quantitative estimate of drug-likeness (QED) is 0.837. The molecule has 0 aromatic heterocycles. The van der Waals surface area contributed by atoms with Gasteiger partial charge in [-0.15, -0.1) is 0 Å². The molecule has 0 spiro atoms. The minimum absolute atomic E-state index is 0.0615. The first-order chi connectivity index (χ1) is 10.7. The van der Waals surface area contributed by atoms with Gasteiger partial charge in [0.25, 0.3) is 0 Å². The predicted molar refractivity (Wildman–Crippen MR) is 83.0 cm³/mol. The fourth-order valence-electron chi connectivity index (χ4n) is 2.86. The van der Waals surface area contributed by atoms with E-state index in [1.807, 2.05) is 6.92 Å². The summed E-state index contributed by atoms with van der Waals surface area (Å²) in [5.41, 5.74) is 1.41. The van der Waals surface area contributed by atoms with Crippen molar-refractivity contribution in [2.75, 3.05) is 20.2 Å². The van der Waals surface area contributed by atoms with Crippen LogP contribution in [0.15, 0.2) is 17.0 Å². The SMILES string of the molecule is COc1cc(S(=O)(=O)N2CC[C@H](C(=O)O)[C@H](O)C2)c(C)cc1C. The molecule has 0 radical (unpaired) electrons. The number of rotatable bonds is 4. The summed E-state index contributed by atoms with van der Waals surface area (Å²) in [6.45, 7) is 3.35. The number of aliphatic hydroxyl groups is 1. The molecule has 1 aromatic carbocycles. The van der Waals surface area contributed by atoms with Gasteiger partial charge in [0.1, 0.15) is 5.75 Å². The zero-order valence-corrected chi connectivity index (χ0v) is 14.1. The van der Waals surface area contributed by atoms with Crippen LogP contribution < -0.4 is 4.74 Å². The minimum Gasteiger partial charge on any atom is -0.496 e. The second kappa shape index (κ2) is 6.46. The van der Waals surface area contributed by atoms with Crippen molar-refractivity contribution in [3.8, 4) is 5.75 Å². The summed E-state index contributed by atoms with van der Waals surface area (Å²) in [6, 6.07) is 3.20. The van der Waals surface area contributed by atoms with Gasteiger partial charge in [0.2, 0.25) is 10.0 Å². The number of aliphatic hydroxyl groups excluding tert-OH is 1. The van der Waals surface area contributed by atoms with Gasteiger partial charge < -0.3 is 14.9 Å². The number of sulfonamides is 1. The van der Waals surface area contributed by atoms with Crippen molar-refractivity contribution >= 4 is 16.0 Å². The van der Waals surface area contributed by atoms with Crippen LogP contribution in [0.5, 0.6) is 5.75 Å². The number of carbonyl (C=O) groups is 1.